The third-order valence-electron chi connectivity index (χ3n) is 2.43. The summed E-state index contributed by atoms with van der Waals surface area (Å²) in [6.45, 7) is 0. The molecule has 0 aliphatic heterocycles. The van der Waals surface area contributed by atoms with Crippen LogP contribution in [0.15, 0.2) is 47.6 Å². The molecule has 1 aromatic carbocycles. The number of nitrogens with two attached hydrogens (primary N) is 1. The molecule has 2 aromatic rings. The highest BCUT2D eigenvalue weighted by atomic mass is 32.2. The Hall–Kier alpha value is -1.59. The summed E-state index contributed by atoms with van der Waals surface area (Å²) in [5.41, 5.74) is 8.50. The monoisotopic (exact) mass is 275 g/mol. The summed E-state index contributed by atoms with van der Waals surface area (Å²) in [5, 5.41) is 3.29. The molecule has 0 bridgehead atoms. The van der Waals surface area contributed by atoms with Gasteiger partial charge in [-0.3, -0.25) is 4.98 Å². The van der Waals surface area contributed by atoms with Crippen molar-refractivity contribution < 1.29 is 0 Å². The fourth-order valence-corrected chi connectivity index (χ4v) is 2.57. The molecule has 0 unspecified atom stereocenters. The van der Waals surface area contributed by atoms with Crippen LogP contribution in [-0.2, 0) is 0 Å². The van der Waals surface area contributed by atoms with Crippen molar-refractivity contribution in [2.24, 2.45) is 5.73 Å². The van der Waals surface area contributed by atoms with Gasteiger partial charge >= 0.3 is 0 Å². The van der Waals surface area contributed by atoms with Crippen molar-refractivity contribution in [3.05, 3.63) is 48.3 Å². The fraction of sp³-hybridized carbons (Fsp3) is 0.0769. The van der Waals surface area contributed by atoms with E-state index in [9.17, 15) is 0 Å². The van der Waals surface area contributed by atoms with Crippen molar-refractivity contribution in [3.8, 4) is 0 Å². The first kappa shape index (κ1) is 12.9. The van der Waals surface area contributed by atoms with Crippen molar-refractivity contribution >= 4 is 40.3 Å². The highest BCUT2D eigenvalue weighted by Crippen LogP contribution is 2.28. The van der Waals surface area contributed by atoms with Crippen molar-refractivity contribution in [2.75, 3.05) is 11.6 Å². The van der Waals surface area contributed by atoms with Gasteiger partial charge < -0.3 is 11.1 Å². The Bertz CT molecular complexity index is 555. The van der Waals surface area contributed by atoms with Crippen LogP contribution in [0.4, 0.5) is 11.4 Å². The number of rotatable bonds is 4. The van der Waals surface area contributed by atoms with E-state index < -0.39 is 0 Å². The number of aromatic nitrogens is 1. The van der Waals surface area contributed by atoms with Gasteiger partial charge in [-0.05, 0) is 30.5 Å². The molecule has 0 saturated carbocycles. The summed E-state index contributed by atoms with van der Waals surface area (Å²) in [6, 6.07) is 9.77. The lowest BCUT2D eigenvalue weighted by Crippen LogP contribution is -2.13. The second-order valence-electron chi connectivity index (χ2n) is 3.61. The standard InChI is InChI=1S/C13H13N3S2/c1-18-11-6-2-5-10(12(11)13(14)17)16-9-4-3-7-15-8-9/h2-8,16H,1H3,(H2,14,17). The molecule has 0 saturated heterocycles. The summed E-state index contributed by atoms with van der Waals surface area (Å²) in [4.78, 5) is 5.53. The average Bonchev–Trinajstić information content (AvgIpc) is 2.39. The predicted octanol–water partition coefficient (Wildman–Crippen LogP) is 3.18. The number of anilines is 2. The highest BCUT2D eigenvalue weighted by Gasteiger charge is 2.10. The Balaban J connectivity index is 2.42. The zero-order valence-electron chi connectivity index (χ0n) is 9.88. The zero-order valence-corrected chi connectivity index (χ0v) is 11.5. The van der Waals surface area contributed by atoms with Gasteiger partial charge in [-0.25, -0.2) is 0 Å². The van der Waals surface area contributed by atoms with Gasteiger partial charge in [-0.2, -0.15) is 0 Å². The molecule has 5 heteroatoms. The Labute approximate surface area is 116 Å². The van der Waals surface area contributed by atoms with Crippen LogP contribution in [-0.4, -0.2) is 16.2 Å². The van der Waals surface area contributed by atoms with Crippen molar-refractivity contribution in [2.45, 2.75) is 4.90 Å². The van der Waals surface area contributed by atoms with Crippen molar-refractivity contribution in [1.29, 1.82) is 0 Å². The normalized spacial score (nSPS) is 10.1. The molecule has 3 N–H and O–H groups in total. The molecule has 0 amide bonds. The lowest BCUT2D eigenvalue weighted by Gasteiger charge is -2.13. The Kier molecular flexibility index (Phi) is 4.17. The molecule has 0 aliphatic carbocycles. The summed E-state index contributed by atoms with van der Waals surface area (Å²) >= 11 is 6.75. The minimum absolute atomic E-state index is 0.395. The van der Waals surface area contributed by atoms with Gasteiger partial charge in [-0.15, -0.1) is 11.8 Å². The van der Waals surface area contributed by atoms with Crippen LogP contribution in [0.3, 0.4) is 0 Å². The topological polar surface area (TPSA) is 50.9 Å². The van der Waals surface area contributed by atoms with E-state index in [2.05, 4.69) is 10.3 Å². The van der Waals surface area contributed by atoms with E-state index in [-0.39, 0.29) is 0 Å². The van der Waals surface area contributed by atoms with E-state index in [0.717, 1.165) is 21.8 Å². The minimum Gasteiger partial charge on any atom is -0.389 e. The Morgan fingerprint density at radius 3 is 2.78 bits per heavy atom. The lowest BCUT2D eigenvalue weighted by atomic mass is 10.1. The van der Waals surface area contributed by atoms with E-state index in [4.69, 9.17) is 18.0 Å². The van der Waals surface area contributed by atoms with E-state index in [0.29, 0.717) is 4.99 Å². The summed E-state index contributed by atoms with van der Waals surface area (Å²) in [5.74, 6) is 0. The highest BCUT2D eigenvalue weighted by molar-refractivity contribution is 7.98. The number of nitrogens with one attached hydrogen (secondary N) is 1. The van der Waals surface area contributed by atoms with E-state index in [1.807, 2.05) is 36.6 Å². The van der Waals surface area contributed by atoms with Gasteiger partial charge in [0, 0.05) is 22.3 Å². The van der Waals surface area contributed by atoms with Crippen molar-refractivity contribution in [1.82, 2.24) is 4.98 Å². The molecule has 0 fully saturated rings. The molecule has 92 valence electrons. The second kappa shape index (κ2) is 5.84. The van der Waals surface area contributed by atoms with Gasteiger partial charge in [0.25, 0.3) is 0 Å². The summed E-state index contributed by atoms with van der Waals surface area (Å²) in [6.07, 6.45) is 5.50. The number of thioether (sulfide) groups is 1. The maximum absolute atomic E-state index is 5.81. The van der Waals surface area contributed by atoms with Crippen molar-refractivity contribution in [3.63, 3.8) is 0 Å². The molecular formula is C13H13N3S2. The predicted molar refractivity (Wildman–Crippen MR) is 81.6 cm³/mol. The third kappa shape index (κ3) is 2.80. The third-order valence-corrected chi connectivity index (χ3v) is 3.42. The first-order valence-corrected chi connectivity index (χ1v) is 6.99. The molecule has 0 aliphatic rings. The molecule has 0 radical (unpaired) electrons. The van der Waals surface area contributed by atoms with Gasteiger partial charge in [0.2, 0.25) is 0 Å². The van der Waals surface area contributed by atoms with Crippen LogP contribution < -0.4 is 11.1 Å². The number of benzene rings is 1. The molecule has 1 aromatic heterocycles. The largest absolute Gasteiger partial charge is 0.389 e. The average molecular weight is 275 g/mol. The van der Waals surface area contributed by atoms with Crippen LogP contribution in [0.5, 0.6) is 0 Å². The molecular weight excluding hydrogens is 262 g/mol. The smallest absolute Gasteiger partial charge is 0.107 e. The van der Waals surface area contributed by atoms with Crippen LogP contribution in [0.25, 0.3) is 0 Å². The molecule has 2 rings (SSSR count). The summed E-state index contributed by atoms with van der Waals surface area (Å²) < 4.78 is 0. The number of hydrogen-bond acceptors (Lipinski definition) is 4. The number of hydrogen-bond donors (Lipinski definition) is 2. The lowest BCUT2D eigenvalue weighted by molar-refractivity contribution is 1.31. The van der Waals surface area contributed by atoms with E-state index in [1.165, 1.54) is 0 Å². The zero-order chi connectivity index (χ0) is 13.0. The number of pyridine rings is 1. The molecule has 3 nitrogen and oxygen atoms in total. The van der Waals surface area contributed by atoms with Gasteiger partial charge in [0.05, 0.1) is 11.9 Å². The van der Waals surface area contributed by atoms with E-state index >= 15 is 0 Å². The molecule has 18 heavy (non-hydrogen) atoms. The maximum atomic E-state index is 5.81. The molecule has 0 atom stereocenters. The van der Waals surface area contributed by atoms with Crippen LogP contribution >= 0.6 is 24.0 Å². The summed E-state index contributed by atoms with van der Waals surface area (Å²) in [7, 11) is 0. The van der Waals surface area contributed by atoms with Gasteiger partial charge in [0.15, 0.2) is 0 Å². The first-order valence-electron chi connectivity index (χ1n) is 5.36. The van der Waals surface area contributed by atoms with Crippen LogP contribution in [0.2, 0.25) is 0 Å². The molecule has 0 spiro atoms. The molecule has 1 heterocycles. The number of nitrogens with zero attached hydrogens (tertiary/aromatic N) is 1. The van der Waals surface area contributed by atoms with Gasteiger partial charge in [0.1, 0.15) is 4.99 Å². The second-order valence-corrected chi connectivity index (χ2v) is 4.90. The Morgan fingerprint density at radius 2 is 2.17 bits per heavy atom. The van der Waals surface area contributed by atoms with Gasteiger partial charge in [-0.1, -0.05) is 18.3 Å². The SMILES string of the molecule is CSc1cccc(Nc2cccnc2)c1C(N)=S. The minimum atomic E-state index is 0.395. The van der Waals surface area contributed by atoms with Crippen LogP contribution in [0, 0.1) is 0 Å². The Morgan fingerprint density at radius 1 is 1.33 bits per heavy atom. The van der Waals surface area contributed by atoms with E-state index in [1.54, 1.807) is 24.2 Å². The fourth-order valence-electron chi connectivity index (χ4n) is 1.65. The van der Waals surface area contributed by atoms with Crippen LogP contribution in [0.1, 0.15) is 5.56 Å². The number of thiocarbonyl (C=S) groups is 1. The first-order chi connectivity index (χ1) is 8.72. The quantitative estimate of drug-likeness (QED) is 0.663. The maximum Gasteiger partial charge on any atom is 0.107 e.